The van der Waals surface area contributed by atoms with Crippen LogP contribution in [-0.2, 0) is 10.2 Å². The minimum Gasteiger partial charge on any atom is -0.312 e. The summed E-state index contributed by atoms with van der Waals surface area (Å²) >= 11 is 0. The highest BCUT2D eigenvalue weighted by molar-refractivity contribution is 7.86. The summed E-state index contributed by atoms with van der Waals surface area (Å²) in [5.74, 6) is 0.512. The second-order valence-electron chi connectivity index (χ2n) is 6.60. The molecule has 2 saturated heterocycles. The maximum atomic E-state index is 12.8. The van der Waals surface area contributed by atoms with Crippen LogP contribution in [0.3, 0.4) is 0 Å². The van der Waals surface area contributed by atoms with E-state index in [0.717, 1.165) is 38.6 Å². The van der Waals surface area contributed by atoms with Crippen LogP contribution in [0.1, 0.15) is 44.9 Å². The van der Waals surface area contributed by atoms with Gasteiger partial charge in [-0.15, -0.1) is 0 Å². The van der Waals surface area contributed by atoms with E-state index < -0.39 is 10.2 Å². The van der Waals surface area contributed by atoms with E-state index in [1.54, 1.807) is 15.7 Å². The minimum atomic E-state index is -3.27. The maximum Gasteiger partial charge on any atom is 0.282 e. The third-order valence-corrected chi connectivity index (χ3v) is 7.32. The number of hydrogen-bond donors (Lipinski definition) is 1. The highest BCUT2D eigenvalue weighted by Gasteiger charge is 2.42. The monoisotopic (exact) mass is 301 g/mol. The molecule has 0 amide bonds. The van der Waals surface area contributed by atoms with Crippen LogP contribution in [0.4, 0.5) is 0 Å². The summed E-state index contributed by atoms with van der Waals surface area (Å²) in [6.07, 6.45) is 7.96. The van der Waals surface area contributed by atoms with Gasteiger partial charge in [0.1, 0.15) is 0 Å². The van der Waals surface area contributed by atoms with Crippen molar-refractivity contribution in [3.63, 3.8) is 0 Å². The van der Waals surface area contributed by atoms with Crippen LogP contribution in [0.5, 0.6) is 0 Å². The molecule has 0 aromatic carbocycles. The molecule has 6 heteroatoms. The SMILES string of the molecule is CN(C1CCCCC1)S(=O)(=O)N1C[C@@H]2CCCN[C@@H]2C1. The van der Waals surface area contributed by atoms with Crippen LogP contribution in [0.15, 0.2) is 0 Å². The Morgan fingerprint density at radius 1 is 1.05 bits per heavy atom. The molecule has 20 heavy (non-hydrogen) atoms. The van der Waals surface area contributed by atoms with Crippen LogP contribution >= 0.6 is 0 Å². The molecule has 0 aromatic heterocycles. The zero-order valence-corrected chi connectivity index (χ0v) is 13.2. The van der Waals surface area contributed by atoms with Gasteiger partial charge in [-0.25, -0.2) is 0 Å². The number of nitrogens with zero attached hydrogens (tertiary/aromatic N) is 2. The van der Waals surface area contributed by atoms with Gasteiger partial charge in [0.25, 0.3) is 10.2 Å². The molecule has 2 atom stereocenters. The standard InChI is InChI=1S/C14H27N3O2S/c1-16(13-7-3-2-4-8-13)20(18,19)17-10-12-6-5-9-15-14(12)11-17/h12-15H,2-11H2,1H3/t12-,14+/m0/s1. The summed E-state index contributed by atoms with van der Waals surface area (Å²) in [5.41, 5.74) is 0. The van der Waals surface area contributed by atoms with Crippen molar-refractivity contribution < 1.29 is 8.42 Å². The minimum absolute atomic E-state index is 0.212. The van der Waals surface area contributed by atoms with Gasteiger partial charge >= 0.3 is 0 Å². The highest BCUT2D eigenvalue weighted by atomic mass is 32.2. The number of fused-ring (bicyclic) bond motifs is 1. The predicted molar refractivity (Wildman–Crippen MR) is 79.6 cm³/mol. The summed E-state index contributed by atoms with van der Waals surface area (Å²) < 4.78 is 29.0. The summed E-state index contributed by atoms with van der Waals surface area (Å²) in [7, 11) is -1.49. The first-order valence-corrected chi connectivity index (χ1v) is 9.45. The van der Waals surface area contributed by atoms with Crippen LogP contribution < -0.4 is 5.32 Å². The smallest absolute Gasteiger partial charge is 0.282 e. The molecule has 3 fully saturated rings. The van der Waals surface area contributed by atoms with E-state index in [4.69, 9.17) is 0 Å². The molecular formula is C14H27N3O2S. The Balaban J connectivity index is 1.68. The normalized spacial score (nSPS) is 33.5. The lowest BCUT2D eigenvalue weighted by Gasteiger charge is -2.33. The molecule has 5 nitrogen and oxygen atoms in total. The first-order chi connectivity index (χ1) is 9.59. The quantitative estimate of drug-likeness (QED) is 0.851. The molecule has 0 radical (unpaired) electrons. The van der Waals surface area contributed by atoms with E-state index in [2.05, 4.69) is 5.32 Å². The second kappa shape index (κ2) is 5.91. The Morgan fingerprint density at radius 3 is 2.50 bits per heavy atom. The van der Waals surface area contributed by atoms with Crippen molar-refractivity contribution in [1.82, 2.24) is 13.9 Å². The second-order valence-corrected chi connectivity index (χ2v) is 8.58. The summed E-state index contributed by atoms with van der Waals surface area (Å²) in [4.78, 5) is 0. The zero-order chi connectivity index (χ0) is 14.2. The van der Waals surface area contributed by atoms with Crippen molar-refractivity contribution >= 4 is 10.2 Å². The van der Waals surface area contributed by atoms with Gasteiger partial charge in [0.05, 0.1) is 0 Å². The highest BCUT2D eigenvalue weighted by Crippen LogP contribution is 2.30. The van der Waals surface area contributed by atoms with Gasteiger partial charge < -0.3 is 5.32 Å². The third kappa shape index (κ3) is 2.75. The average Bonchev–Trinajstić information content (AvgIpc) is 2.92. The fourth-order valence-electron chi connectivity index (χ4n) is 4.01. The molecule has 1 N–H and O–H groups in total. The van der Waals surface area contributed by atoms with Crippen molar-refractivity contribution in [2.24, 2.45) is 5.92 Å². The third-order valence-electron chi connectivity index (χ3n) is 5.34. The number of hydrogen-bond acceptors (Lipinski definition) is 3. The van der Waals surface area contributed by atoms with Gasteiger partial charge in [0, 0.05) is 32.2 Å². The van der Waals surface area contributed by atoms with Crippen LogP contribution in [-0.4, -0.2) is 55.8 Å². The Labute approximate surface area is 122 Å². The number of rotatable bonds is 3. The number of piperidine rings is 1. The van der Waals surface area contributed by atoms with Gasteiger partial charge in [-0.05, 0) is 38.1 Å². The molecule has 3 rings (SSSR count). The van der Waals surface area contributed by atoms with Crippen LogP contribution in [0, 0.1) is 5.92 Å². The molecule has 116 valence electrons. The van der Waals surface area contributed by atoms with Gasteiger partial charge in [-0.2, -0.15) is 17.0 Å². The molecule has 0 unspecified atom stereocenters. The van der Waals surface area contributed by atoms with Crippen molar-refractivity contribution in [1.29, 1.82) is 0 Å². The molecule has 1 aliphatic carbocycles. The van der Waals surface area contributed by atoms with Gasteiger partial charge in [-0.3, -0.25) is 0 Å². The Kier molecular flexibility index (Phi) is 4.36. The summed E-state index contributed by atoms with van der Waals surface area (Å²) in [6.45, 7) is 2.40. The summed E-state index contributed by atoms with van der Waals surface area (Å²) in [6, 6.07) is 0.586. The summed E-state index contributed by atoms with van der Waals surface area (Å²) in [5, 5.41) is 3.48. The molecule has 2 aliphatic heterocycles. The van der Waals surface area contributed by atoms with Crippen LogP contribution in [0.25, 0.3) is 0 Å². The van der Waals surface area contributed by atoms with Crippen molar-refractivity contribution in [2.45, 2.75) is 57.0 Å². The molecule has 3 aliphatic rings. The lowest BCUT2D eigenvalue weighted by atomic mass is 9.94. The Hall–Kier alpha value is -0.170. The van der Waals surface area contributed by atoms with E-state index >= 15 is 0 Å². The lowest BCUT2D eigenvalue weighted by Crippen LogP contribution is -2.47. The first kappa shape index (κ1) is 14.8. The average molecular weight is 301 g/mol. The van der Waals surface area contributed by atoms with E-state index in [1.165, 1.54) is 12.8 Å². The van der Waals surface area contributed by atoms with Gasteiger partial charge in [0.15, 0.2) is 0 Å². The maximum absolute atomic E-state index is 12.8. The lowest BCUT2D eigenvalue weighted by molar-refractivity contribution is 0.267. The van der Waals surface area contributed by atoms with E-state index in [0.29, 0.717) is 25.0 Å². The molecule has 1 saturated carbocycles. The molecule has 2 heterocycles. The molecular weight excluding hydrogens is 274 g/mol. The molecule has 0 bridgehead atoms. The van der Waals surface area contributed by atoms with E-state index in [9.17, 15) is 8.42 Å². The fourth-order valence-corrected chi connectivity index (χ4v) is 5.69. The number of nitrogens with one attached hydrogen (secondary N) is 1. The topological polar surface area (TPSA) is 52.7 Å². The first-order valence-electron chi connectivity index (χ1n) is 8.05. The fraction of sp³-hybridized carbons (Fsp3) is 1.00. The van der Waals surface area contributed by atoms with Crippen molar-refractivity contribution in [3.05, 3.63) is 0 Å². The van der Waals surface area contributed by atoms with Gasteiger partial charge in [0.2, 0.25) is 0 Å². The zero-order valence-electron chi connectivity index (χ0n) is 12.4. The van der Waals surface area contributed by atoms with Crippen LogP contribution in [0.2, 0.25) is 0 Å². The molecule has 0 spiro atoms. The van der Waals surface area contributed by atoms with Crippen molar-refractivity contribution in [3.8, 4) is 0 Å². The largest absolute Gasteiger partial charge is 0.312 e. The van der Waals surface area contributed by atoms with Gasteiger partial charge in [-0.1, -0.05) is 19.3 Å². The van der Waals surface area contributed by atoms with E-state index in [1.807, 2.05) is 0 Å². The van der Waals surface area contributed by atoms with Crippen molar-refractivity contribution in [2.75, 3.05) is 26.7 Å². The Bertz CT molecular complexity index is 420. The van der Waals surface area contributed by atoms with E-state index in [-0.39, 0.29) is 6.04 Å². The predicted octanol–water partition coefficient (Wildman–Crippen LogP) is 1.18. The molecule has 0 aromatic rings. The Morgan fingerprint density at radius 2 is 1.80 bits per heavy atom.